The molecular formula is C18H27FIN5O. The first-order valence-corrected chi connectivity index (χ1v) is 8.48. The molecule has 0 spiro atoms. The number of benzene rings is 1. The average molecular weight is 475 g/mol. The fraction of sp³-hybridized carbons (Fsp3) is 0.500. The molecule has 0 saturated carbocycles. The van der Waals surface area contributed by atoms with Gasteiger partial charge in [0.25, 0.3) is 0 Å². The molecule has 0 unspecified atom stereocenters. The third-order valence-corrected chi connectivity index (χ3v) is 3.43. The summed E-state index contributed by atoms with van der Waals surface area (Å²) in [6, 6.07) is 6.60. The van der Waals surface area contributed by atoms with E-state index in [1.165, 1.54) is 6.07 Å². The van der Waals surface area contributed by atoms with Crippen molar-refractivity contribution in [1.82, 2.24) is 20.8 Å². The molecule has 0 radical (unpaired) electrons. The van der Waals surface area contributed by atoms with Crippen molar-refractivity contribution in [3.05, 3.63) is 47.4 Å². The number of aromatic nitrogens is 2. The summed E-state index contributed by atoms with van der Waals surface area (Å²) in [4.78, 5) is 8.83. The second-order valence-corrected chi connectivity index (χ2v) is 6.77. The van der Waals surface area contributed by atoms with E-state index in [9.17, 15) is 4.39 Å². The number of rotatable bonds is 6. The van der Waals surface area contributed by atoms with Crippen LogP contribution in [0, 0.1) is 5.82 Å². The van der Waals surface area contributed by atoms with Gasteiger partial charge < -0.3 is 15.2 Å². The smallest absolute Gasteiger partial charge is 0.232 e. The van der Waals surface area contributed by atoms with Gasteiger partial charge in [-0.15, -0.1) is 24.0 Å². The zero-order valence-corrected chi connectivity index (χ0v) is 18.0. The Hall–Kier alpha value is -1.71. The van der Waals surface area contributed by atoms with Crippen molar-refractivity contribution in [1.29, 1.82) is 0 Å². The maximum absolute atomic E-state index is 13.2. The van der Waals surface area contributed by atoms with E-state index in [4.69, 9.17) is 4.52 Å². The number of halogens is 2. The second kappa shape index (κ2) is 10.4. The number of hydrogen-bond donors (Lipinski definition) is 2. The highest BCUT2D eigenvalue weighted by molar-refractivity contribution is 14.0. The fourth-order valence-electron chi connectivity index (χ4n) is 2.13. The molecule has 0 atom stereocenters. The first-order chi connectivity index (χ1) is 11.9. The van der Waals surface area contributed by atoms with Gasteiger partial charge >= 0.3 is 0 Å². The van der Waals surface area contributed by atoms with E-state index in [0.717, 1.165) is 12.1 Å². The highest BCUT2D eigenvalue weighted by atomic mass is 127. The lowest BCUT2D eigenvalue weighted by Gasteiger charge is -2.11. The predicted molar refractivity (Wildman–Crippen MR) is 111 cm³/mol. The maximum atomic E-state index is 13.2. The van der Waals surface area contributed by atoms with E-state index in [0.29, 0.717) is 37.2 Å². The molecule has 0 bridgehead atoms. The summed E-state index contributed by atoms with van der Waals surface area (Å²) in [7, 11) is 0. The Morgan fingerprint density at radius 3 is 2.65 bits per heavy atom. The molecule has 2 aromatic rings. The Kier molecular flexibility index (Phi) is 8.97. The van der Waals surface area contributed by atoms with E-state index in [1.807, 2.05) is 33.8 Å². The van der Waals surface area contributed by atoms with Crippen LogP contribution in [0.5, 0.6) is 0 Å². The lowest BCUT2D eigenvalue weighted by molar-refractivity contribution is 0.318. The summed E-state index contributed by atoms with van der Waals surface area (Å²) in [5, 5.41) is 10.4. The molecule has 0 amide bonds. The van der Waals surface area contributed by atoms with Crippen LogP contribution in [-0.2, 0) is 18.4 Å². The lowest BCUT2D eigenvalue weighted by Crippen LogP contribution is -2.38. The van der Waals surface area contributed by atoms with Gasteiger partial charge in [-0.3, -0.25) is 0 Å². The fourth-order valence-corrected chi connectivity index (χ4v) is 2.13. The number of nitrogens with zero attached hydrogens (tertiary/aromatic N) is 3. The van der Waals surface area contributed by atoms with Crippen molar-refractivity contribution >= 4 is 29.9 Å². The van der Waals surface area contributed by atoms with Gasteiger partial charge in [-0.2, -0.15) is 4.98 Å². The number of aliphatic imine (C=N–C) groups is 1. The Labute approximate surface area is 171 Å². The zero-order chi connectivity index (χ0) is 18.3. The summed E-state index contributed by atoms with van der Waals surface area (Å²) in [6.07, 6.45) is 0.707. The lowest BCUT2D eigenvalue weighted by atomic mass is 9.97. The molecule has 6 nitrogen and oxygen atoms in total. The van der Waals surface area contributed by atoms with Gasteiger partial charge in [0.15, 0.2) is 11.8 Å². The van der Waals surface area contributed by atoms with E-state index in [1.54, 1.807) is 12.1 Å². The van der Waals surface area contributed by atoms with Crippen LogP contribution in [0.15, 0.2) is 33.8 Å². The summed E-state index contributed by atoms with van der Waals surface area (Å²) in [5.74, 6) is 1.60. The highest BCUT2D eigenvalue weighted by Gasteiger charge is 2.21. The number of hydrogen-bond acceptors (Lipinski definition) is 4. The SMILES string of the molecule is CCNC(=NCc1noc(C(C)(C)C)n1)NCCc1cccc(F)c1.I. The van der Waals surface area contributed by atoms with Crippen LogP contribution in [0.4, 0.5) is 4.39 Å². The monoisotopic (exact) mass is 475 g/mol. The highest BCUT2D eigenvalue weighted by Crippen LogP contribution is 2.19. The molecule has 1 heterocycles. The molecule has 8 heteroatoms. The molecular weight excluding hydrogens is 448 g/mol. The number of guanidine groups is 1. The molecule has 1 aromatic carbocycles. The summed E-state index contributed by atoms with van der Waals surface area (Å²) in [6.45, 7) is 9.77. The minimum atomic E-state index is -0.218. The molecule has 0 aliphatic heterocycles. The Balaban J connectivity index is 0.00000338. The first kappa shape index (κ1) is 22.3. The normalized spacial score (nSPS) is 11.8. The topological polar surface area (TPSA) is 75.3 Å². The molecule has 1 aromatic heterocycles. The van der Waals surface area contributed by atoms with Gasteiger partial charge in [-0.1, -0.05) is 38.1 Å². The van der Waals surface area contributed by atoms with Crippen LogP contribution < -0.4 is 10.6 Å². The standard InChI is InChI=1S/C18H26FN5O.HI/c1-5-20-17(21-10-9-13-7-6-8-14(19)11-13)22-12-15-23-16(25-24-15)18(2,3)4;/h6-8,11H,5,9-10,12H2,1-4H3,(H2,20,21,22);1H. The van der Waals surface area contributed by atoms with Crippen LogP contribution in [0.25, 0.3) is 0 Å². The minimum absolute atomic E-state index is 0. The van der Waals surface area contributed by atoms with Crippen molar-refractivity contribution in [2.24, 2.45) is 4.99 Å². The van der Waals surface area contributed by atoms with Gasteiger partial charge in [0.1, 0.15) is 12.4 Å². The largest absolute Gasteiger partial charge is 0.357 e. The molecule has 0 fully saturated rings. The van der Waals surface area contributed by atoms with Crippen molar-refractivity contribution in [2.45, 2.75) is 46.1 Å². The van der Waals surface area contributed by atoms with E-state index < -0.39 is 0 Å². The summed E-state index contributed by atoms with van der Waals surface area (Å²) >= 11 is 0. The zero-order valence-electron chi connectivity index (χ0n) is 15.7. The minimum Gasteiger partial charge on any atom is -0.357 e. The molecule has 2 rings (SSSR count). The van der Waals surface area contributed by atoms with Gasteiger partial charge in [-0.25, -0.2) is 9.38 Å². The Bertz CT molecular complexity index is 712. The van der Waals surface area contributed by atoms with Crippen LogP contribution in [0.1, 0.15) is 45.0 Å². The summed E-state index contributed by atoms with van der Waals surface area (Å²) < 4.78 is 18.5. The Morgan fingerprint density at radius 2 is 2.04 bits per heavy atom. The van der Waals surface area contributed by atoms with Crippen molar-refractivity contribution in [3.8, 4) is 0 Å². The van der Waals surface area contributed by atoms with Crippen molar-refractivity contribution in [2.75, 3.05) is 13.1 Å². The van der Waals surface area contributed by atoms with Gasteiger partial charge in [0.2, 0.25) is 5.89 Å². The van der Waals surface area contributed by atoms with Crippen LogP contribution in [0.3, 0.4) is 0 Å². The first-order valence-electron chi connectivity index (χ1n) is 8.48. The van der Waals surface area contributed by atoms with E-state index >= 15 is 0 Å². The summed E-state index contributed by atoms with van der Waals surface area (Å²) in [5.41, 5.74) is 0.763. The van der Waals surface area contributed by atoms with E-state index in [2.05, 4.69) is 25.8 Å². The third kappa shape index (κ3) is 7.27. The van der Waals surface area contributed by atoms with Crippen LogP contribution >= 0.6 is 24.0 Å². The maximum Gasteiger partial charge on any atom is 0.232 e. The average Bonchev–Trinajstić information content (AvgIpc) is 3.02. The second-order valence-electron chi connectivity index (χ2n) is 6.77. The molecule has 0 saturated heterocycles. The number of nitrogens with one attached hydrogen (secondary N) is 2. The van der Waals surface area contributed by atoms with Gasteiger partial charge in [-0.05, 0) is 31.0 Å². The van der Waals surface area contributed by atoms with Crippen LogP contribution in [0.2, 0.25) is 0 Å². The molecule has 0 aliphatic rings. The third-order valence-electron chi connectivity index (χ3n) is 3.43. The molecule has 2 N–H and O–H groups in total. The predicted octanol–water partition coefficient (Wildman–Crippen LogP) is 3.42. The van der Waals surface area contributed by atoms with Gasteiger partial charge in [0, 0.05) is 18.5 Å². The molecule has 0 aliphatic carbocycles. The molecule has 144 valence electrons. The van der Waals surface area contributed by atoms with Crippen LogP contribution in [-0.4, -0.2) is 29.2 Å². The Morgan fingerprint density at radius 1 is 1.27 bits per heavy atom. The quantitative estimate of drug-likeness (QED) is 0.381. The van der Waals surface area contributed by atoms with Gasteiger partial charge in [0.05, 0.1) is 0 Å². The molecule has 26 heavy (non-hydrogen) atoms. The van der Waals surface area contributed by atoms with Crippen molar-refractivity contribution < 1.29 is 8.91 Å². The van der Waals surface area contributed by atoms with E-state index in [-0.39, 0.29) is 35.2 Å². The van der Waals surface area contributed by atoms with Crippen molar-refractivity contribution in [3.63, 3.8) is 0 Å².